The number of nitrogens with one attached hydrogen (secondary N) is 1. The molecule has 6 heteroatoms. The van der Waals surface area contributed by atoms with Crippen molar-refractivity contribution in [3.8, 4) is 17.6 Å². The molecular formula is C15H14N4O2. The van der Waals surface area contributed by atoms with Gasteiger partial charge in [0.2, 0.25) is 0 Å². The monoisotopic (exact) mass is 282 g/mol. The highest BCUT2D eigenvalue weighted by atomic mass is 16.6. The Morgan fingerprint density at radius 3 is 2.67 bits per heavy atom. The van der Waals surface area contributed by atoms with Crippen LogP contribution in [0.1, 0.15) is 16.8 Å². The molecule has 6 nitrogen and oxygen atoms in total. The van der Waals surface area contributed by atoms with Gasteiger partial charge in [-0.1, -0.05) is 0 Å². The topological polar surface area (TPSA) is 80.1 Å². The number of aryl methyl sites for hydroxylation is 1. The average Bonchev–Trinajstić information content (AvgIpc) is 2.51. The number of nitriles is 1. The van der Waals surface area contributed by atoms with E-state index in [0.717, 1.165) is 22.7 Å². The number of aromatic nitrogens is 2. The Balaban J connectivity index is 1.94. The summed E-state index contributed by atoms with van der Waals surface area (Å²) in [5, 5.41) is 20.5. The number of anilines is 2. The predicted octanol–water partition coefficient (Wildman–Crippen LogP) is 2.48. The van der Waals surface area contributed by atoms with Crippen molar-refractivity contribution in [2.24, 2.45) is 0 Å². The molecule has 0 saturated carbocycles. The highest BCUT2D eigenvalue weighted by molar-refractivity contribution is 5.66. The molecule has 1 aromatic heterocycles. The molecule has 0 amide bonds. The molecule has 0 spiro atoms. The lowest BCUT2D eigenvalue weighted by Gasteiger charge is -2.19. The zero-order valence-electron chi connectivity index (χ0n) is 11.8. The number of nitrogens with zero attached hydrogens (tertiary/aromatic N) is 3. The third-order valence-electron chi connectivity index (χ3n) is 3.37. The minimum atomic E-state index is 0.442. The van der Waals surface area contributed by atoms with Gasteiger partial charge in [-0.2, -0.15) is 10.4 Å². The molecule has 106 valence electrons. The van der Waals surface area contributed by atoms with Crippen molar-refractivity contribution >= 4 is 11.5 Å². The normalized spacial score (nSPS) is 12.6. The van der Waals surface area contributed by atoms with Gasteiger partial charge in [0.05, 0.1) is 5.69 Å². The van der Waals surface area contributed by atoms with E-state index < -0.39 is 0 Å². The van der Waals surface area contributed by atoms with Crippen molar-refractivity contribution in [3.63, 3.8) is 0 Å². The molecule has 1 aliphatic heterocycles. The molecule has 0 radical (unpaired) electrons. The zero-order valence-corrected chi connectivity index (χ0v) is 11.8. The molecule has 0 bridgehead atoms. The zero-order chi connectivity index (χ0) is 14.8. The molecule has 0 fully saturated rings. The smallest absolute Gasteiger partial charge is 0.171 e. The van der Waals surface area contributed by atoms with Gasteiger partial charge >= 0.3 is 0 Å². The third-order valence-corrected chi connectivity index (χ3v) is 3.37. The predicted molar refractivity (Wildman–Crippen MR) is 76.9 cm³/mol. The van der Waals surface area contributed by atoms with E-state index in [2.05, 4.69) is 21.6 Å². The Kier molecular flexibility index (Phi) is 3.32. The van der Waals surface area contributed by atoms with Crippen molar-refractivity contribution < 1.29 is 9.47 Å². The third kappa shape index (κ3) is 2.46. The first-order valence-corrected chi connectivity index (χ1v) is 6.59. The highest BCUT2D eigenvalue weighted by Gasteiger charge is 2.14. The molecule has 3 rings (SSSR count). The van der Waals surface area contributed by atoms with E-state index in [1.165, 1.54) is 0 Å². The standard InChI is InChI=1S/C15H14N4O2/c1-9-10(2)18-19-15(12(9)8-16)17-11-3-4-13-14(7-11)21-6-5-20-13/h3-4,7H,5-6H2,1-2H3,(H,17,19). The summed E-state index contributed by atoms with van der Waals surface area (Å²) in [6.45, 7) is 4.78. The summed E-state index contributed by atoms with van der Waals surface area (Å²) in [6.07, 6.45) is 0. The van der Waals surface area contributed by atoms with E-state index in [-0.39, 0.29) is 0 Å². The molecule has 0 unspecified atom stereocenters. The lowest BCUT2D eigenvalue weighted by molar-refractivity contribution is 0.171. The SMILES string of the molecule is Cc1nnc(Nc2ccc3c(c2)OCCO3)c(C#N)c1C. The first-order chi connectivity index (χ1) is 10.2. The van der Waals surface area contributed by atoms with Gasteiger partial charge in [0.1, 0.15) is 24.8 Å². The first kappa shape index (κ1) is 13.2. The number of fused-ring (bicyclic) bond motifs is 1. The highest BCUT2D eigenvalue weighted by Crippen LogP contribution is 2.33. The molecule has 1 aliphatic rings. The molecule has 0 atom stereocenters. The van der Waals surface area contributed by atoms with E-state index in [4.69, 9.17) is 9.47 Å². The van der Waals surface area contributed by atoms with Crippen molar-refractivity contribution in [2.45, 2.75) is 13.8 Å². The van der Waals surface area contributed by atoms with Gasteiger partial charge < -0.3 is 14.8 Å². The Morgan fingerprint density at radius 1 is 1.14 bits per heavy atom. The minimum Gasteiger partial charge on any atom is -0.486 e. The van der Waals surface area contributed by atoms with E-state index in [9.17, 15) is 5.26 Å². The Labute approximate surface area is 122 Å². The fourth-order valence-electron chi connectivity index (χ4n) is 2.09. The van der Waals surface area contributed by atoms with Crippen LogP contribution in [-0.2, 0) is 0 Å². The lowest BCUT2D eigenvalue weighted by Crippen LogP contribution is -2.15. The summed E-state index contributed by atoms with van der Waals surface area (Å²) in [4.78, 5) is 0. The molecular weight excluding hydrogens is 268 g/mol. The molecule has 1 aromatic carbocycles. The fraction of sp³-hybridized carbons (Fsp3) is 0.267. The van der Waals surface area contributed by atoms with Crippen LogP contribution in [0, 0.1) is 25.2 Å². The van der Waals surface area contributed by atoms with E-state index in [1.807, 2.05) is 32.0 Å². The van der Waals surface area contributed by atoms with Crippen LogP contribution >= 0.6 is 0 Å². The first-order valence-electron chi connectivity index (χ1n) is 6.59. The van der Waals surface area contributed by atoms with E-state index >= 15 is 0 Å². The molecule has 21 heavy (non-hydrogen) atoms. The molecule has 2 heterocycles. The van der Waals surface area contributed by atoms with E-state index in [1.54, 1.807) is 0 Å². The van der Waals surface area contributed by atoms with Crippen molar-refractivity contribution in [2.75, 3.05) is 18.5 Å². The second-order valence-electron chi connectivity index (χ2n) is 4.73. The van der Waals surface area contributed by atoms with Gasteiger partial charge in [0, 0.05) is 11.8 Å². The van der Waals surface area contributed by atoms with Crippen LogP contribution < -0.4 is 14.8 Å². The molecule has 2 aromatic rings. The fourth-order valence-corrected chi connectivity index (χ4v) is 2.09. The molecule has 0 saturated heterocycles. The van der Waals surface area contributed by atoms with Crippen molar-refractivity contribution in [1.29, 1.82) is 5.26 Å². The summed E-state index contributed by atoms with van der Waals surface area (Å²) in [6, 6.07) is 7.68. The molecule has 1 N–H and O–H groups in total. The van der Waals surface area contributed by atoms with Crippen LogP contribution in [0.3, 0.4) is 0 Å². The van der Waals surface area contributed by atoms with Gasteiger partial charge in [0.25, 0.3) is 0 Å². The van der Waals surface area contributed by atoms with E-state index in [0.29, 0.717) is 30.3 Å². The average molecular weight is 282 g/mol. The summed E-state index contributed by atoms with van der Waals surface area (Å²) in [7, 11) is 0. The summed E-state index contributed by atoms with van der Waals surface area (Å²) < 4.78 is 11.0. The number of ether oxygens (including phenoxy) is 2. The summed E-state index contributed by atoms with van der Waals surface area (Å²) in [5.41, 5.74) is 2.84. The Bertz CT molecular complexity index is 737. The van der Waals surface area contributed by atoms with Gasteiger partial charge in [-0.3, -0.25) is 0 Å². The van der Waals surface area contributed by atoms with Crippen LogP contribution in [0.25, 0.3) is 0 Å². The van der Waals surface area contributed by atoms with Crippen molar-refractivity contribution in [1.82, 2.24) is 10.2 Å². The minimum absolute atomic E-state index is 0.442. The lowest BCUT2D eigenvalue weighted by atomic mass is 10.1. The Hall–Kier alpha value is -2.81. The van der Waals surface area contributed by atoms with Crippen LogP contribution in [0.5, 0.6) is 11.5 Å². The number of hydrogen-bond acceptors (Lipinski definition) is 6. The Morgan fingerprint density at radius 2 is 1.90 bits per heavy atom. The number of hydrogen-bond donors (Lipinski definition) is 1. The second-order valence-corrected chi connectivity index (χ2v) is 4.73. The quantitative estimate of drug-likeness (QED) is 0.911. The van der Waals surface area contributed by atoms with Gasteiger partial charge in [-0.05, 0) is 31.5 Å². The summed E-state index contributed by atoms with van der Waals surface area (Å²) >= 11 is 0. The van der Waals surface area contributed by atoms with Crippen LogP contribution in [0.15, 0.2) is 18.2 Å². The summed E-state index contributed by atoms with van der Waals surface area (Å²) in [5.74, 6) is 1.84. The number of benzene rings is 1. The molecule has 0 aliphatic carbocycles. The van der Waals surface area contributed by atoms with Crippen molar-refractivity contribution in [3.05, 3.63) is 35.0 Å². The maximum absolute atomic E-state index is 9.29. The number of rotatable bonds is 2. The van der Waals surface area contributed by atoms with Gasteiger partial charge in [-0.25, -0.2) is 0 Å². The van der Waals surface area contributed by atoms with Crippen LogP contribution in [0.4, 0.5) is 11.5 Å². The van der Waals surface area contributed by atoms with Crippen LogP contribution in [-0.4, -0.2) is 23.4 Å². The van der Waals surface area contributed by atoms with Gasteiger partial charge in [0.15, 0.2) is 17.3 Å². The van der Waals surface area contributed by atoms with Crippen LogP contribution in [0.2, 0.25) is 0 Å². The largest absolute Gasteiger partial charge is 0.486 e. The van der Waals surface area contributed by atoms with Gasteiger partial charge in [-0.15, -0.1) is 5.10 Å². The maximum atomic E-state index is 9.29. The maximum Gasteiger partial charge on any atom is 0.171 e. The second kappa shape index (κ2) is 5.29.